The molecule has 0 aromatic rings. The number of sulfonamides is 1. The number of esters is 1. The third-order valence-corrected chi connectivity index (χ3v) is 2.51. The highest BCUT2D eigenvalue weighted by Crippen LogP contribution is 1.92. The summed E-state index contributed by atoms with van der Waals surface area (Å²) < 4.78 is 26.0. The number of carbonyl (C=O) groups is 1. The Kier molecular flexibility index (Phi) is 6.46. The normalized spacial score (nSPS) is 11.7. The predicted molar refractivity (Wildman–Crippen MR) is 56.7 cm³/mol. The zero-order chi connectivity index (χ0) is 11.9. The van der Waals surface area contributed by atoms with Crippen molar-refractivity contribution in [2.24, 2.45) is 5.14 Å². The molecule has 2 N–H and O–H groups in total. The summed E-state index contributed by atoms with van der Waals surface area (Å²) in [4.78, 5) is 12.7. The highest BCUT2D eigenvalue weighted by atomic mass is 32.2. The molecule has 0 aliphatic heterocycles. The molecule has 0 saturated carbocycles. The standard InChI is InChI=1S/C8H18N2O4S/c1-3-14-8(11)4-5-10(2)6-7-15(9,12)13/h3-7H2,1-2H3,(H2,9,12,13). The van der Waals surface area contributed by atoms with E-state index in [1.807, 2.05) is 0 Å². The van der Waals surface area contributed by atoms with Gasteiger partial charge in [-0.25, -0.2) is 13.6 Å². The molecule has 6 nitrogen and oxygen atoms in total. The molecule has 0 aliphatic carbocycles. The smallest absolute Gasteiger partial charge is 0.307 e. The van der Waals surface area contributed by atoms with Gasteiger partial charge in [0.05, 0.1) is 18.8 Å². The van der Waals surface area contributed by atoms with Gasteiger partial charge in [-0.15, -0.1) is 0 Å². The summed E-state index contributed by atoms with van der Waals surface area (Å²) in [7, 11) is -1.70. The molecular weight excluding hydrogens is 220 g/mol. The van der Waals surface area contributed by atoms with E-state index in [-0.39, 0.29) is 18.1 Å². The molecule has 0 radical (unpaired) electrons. The minimum Gasteiger partial charge on any atom is -0.466 e. The van der Waals surface area contributed by atoms with Crippen molar-refractivity contribution in [3.8, 4) is 0 Å². The van der Waals surface area contributed by atoms with E-state index >= 15 is 0 Å². The number of rotatable bonds is 7. The number of nitrogens with two attached hydrogens (primary N) is 1. The Hall–Kier alpha value is -0.660. The van der Waals surface area contributed by atoms with Crippen molar-refractivity contribution in [2.45, 2.75) is 13.3 Å². The van der Waals surface area contributed by atoms with Gasteiger partial charge in [0, 0.05) is 13.1 Å². The second kappa shape index (κ2) is 6.76. The number of primary sulfonamides is 1. The number of carbonyl (C=O) groups excluding carboxylic acids is 1. The van der Waals surface area contributed by atoms with Crippen molar-refractivity contribution in [3.05, 3.63) is 0 Å². The van der Waals surface area contributed by atoms with Crippen LogP contribution in [-0.2, 0) is 19.6 Å². The summed E-state index contributed by atoms with van der Waals surface area (Å²) in [5.74, 6) is -0.383. The summed E-state index contributed by atoms with van der Waals surface area (Å²) in [5, 5.41) is 4.84. The maximum atomic E-state index is 11.0. The molecule has 90 valence electrons. The monoisotopic (exact) mass is 238 g/mol. The maximum absolute atomic E-state index is 11.0. The molecule has 0 amide bonds. The van der Waals surface area contributed by atoms with E-state index < -0.39 is 10.0 Å². The number of hydrogen-bond donors (Lipinski definition) is 1. The predicted octanol–water partition coefficient (Wildman–Crippen LogP) is -0.840. The van der Waals surface area contributed by atoms with Crippen LogP contribution in [0.2, 0.25) is 0 Å². The number of nitrogens with zero attached hydrogens (tertiary/aromatic N) is 1. The largest absolute Gasteiger partial charge is 0.466 e. The SMILES string of the molecule is CCOC(=O)CCN(C)CCS(N)(=O)=O. The van der Waals surface area contributed by atoms with Crippen LogP contribution in [0, 0.1) is 0 Å². The summed E-state index contributed by atoms with van der Waals surface area (Å²) in [5.41, 5.74) is 0. The van der Waals surface area contributed by atoms with Gasteiger partial charge in [-0.1, -0.05) is 0 Å². The van der Waals surface area contributed by atoms with Crippen molar-refractivity contribution in [1.82, 2.24) is 4.90 Å². The van der Waals surface area contributed by atoms with Crippen LogP contribution in [0.4, 0.5) is 0 Å². The Morgan fingerprint density at radius 3 is 2.47 bits per heavy atom. The molecular formula is C8H18N2O4S. The Labute approximate surface area is 90.4 Å². The summed E-state index contributed by atoms with van der Waals surface area (Å²) >= 11 is 0. The molecule has 0 aromatic carbocycles. The molecule has 15 heavy (non-hydrogen) atoms. The average Bonchev–Trinajstić information content (AvgIpc) is 2.11. The van der Waals surface area contributed by atoms with Gasteiger partial charge in [-0.3, -0.25) is 4.79 Å². The molecule has 0 saturated heterocycles. The van der Waals surface area contributed by atoms with Gasteiger partial charge in [0.15, 0.2) is 0 Å². The summed E-state index contributed by atoms with van der Waals surface area (Å²) in [6, 6.07) is 0. The van der Waals surface area contributed by atoms with Crippen molar-refractivity contribution in [3.63, 3.8) is 0 Å². The molecule has 0 rings (SSSR count). The zero-order valence-corrected chi connectivity index (χ0v) is 9.92. The van der Waals surface area contributed by atoms with Gasteiger partial charge in [-0.05, 0) is 14.0 Å². The molecule has 0 aliphatic rings. The Morgan fingerprint density at radius 1 is 1.40 bits per heavy atom. The molecule has 0 heterocycles. The van der Waals surface area contributed by atoms with Crippen LogP contribution < -0.4 is 5.14 Å². The highest BCUT2D eigenvalue weighted by molar-refractivity contribution is 7.89. The van der Waals surface area contributed by atoms with Crippen molar-refractivity contribution < 1.29 is 17.9 Å². The minimum absolute atomic E-state index is 0.105. The van der Waals surface area contributed by atoms with E-state index in [2.05, 4.69) is 0 Å². The van der Waals surface area contributed by atoms with Crippen LogP contribution in [0.25, 0.3) is 0 Å². The quantitative estimate of drug-likeness (QED) is 0.584. The fraction of sp³-hybridized carbons (Fsp3) is 0.875. The second-order valence-corrected chi connectivity index (χ2v) is 4.96. The fourth-order valence-corrected chi connectivity index (χ4v) is 1.48. The molecule has 0 atom stereocenters. The van der Waals surface area contributed by atoms with Crippen molar-refractivity contribution >= 4 is 16.0 Å². The van der Waals surface area contributed by atoms with Gasteiger partial charge >= 0.3 is 5.97 Å². The lowest BCUT2D eigenvalue weighted by molar-refractivity contribution is -0.143. The maximum Gasteiger partial charge on any atom is 0.307 e. The Bertz CT molecular complexity index is 289. The first-order valence-electron chi connectivity index (χ1n) is 4.69. The van der Waals surface area contributed by atoms with E-state index in [0.717, 1.165) is 0 Å². The average molecular weight is 238 g/mol. The lowest BCUT2D eigenvalue weighted by Crippen LogP contribution is -2.30. The zero-order valence-electron chi connectivity index (χ0n) is 9.10. The van der Waals surface area contributed by atoms with E-state index in [1.54, 1.807) is 18.9 Å². The lowest BCUT2D eigenvalue weighted by Gasteiger charge is -2.14. The van der Waals surface area contributed by atoms with Crippen LogP contribution in [0.15, 0.2) is 0 Å². The molecule has 0 unspecified atom stereocenters. The van der Waals surface area contributed by atoms with Crippen molar-refractivity contribution in [1.29, 1.82) is 0 Å². The minimum atomic E-state index is -3.43. The Morgan fingerprint density at radius 2 is 2.00 bits per heavy atom. The molecule has 0 bridgehead atoms. The van der Waals surface area contributed by atoms with Gasteiger partial charge in [-0.2, -0.15) is 0 Å². The summed E-state index contributed by atoms with van der Waals surface area (Å²) in [6.07, 6.45) is 0.259. The fourth-order valence-electron chi connectivity index (χ4n) is 0.910. The highest BCUT2D eigenvalue weighted by Gasteiger charge is 2.08. The van der Waals surface area contributed by atoms with Gasteiger partial charge in [0.25, 0.3) is 0 Å². The van der Waals surface area contributed by atoms with E-state index in [4.69, 9.17) is 9.88 Å². The molecule has 0 spiro atoms. The van der Waals surface area contributed by atoms with E-state index in [9.17, 15) is 13.2 Å². The van der Waals surface area contributed by atoms with Crippen molar-refractivity contribution in [2.75, 3.05) is 32.5 Å². The second-order valence-electron chi connectivity index (χ2n) is 3.23. The van der Waals surface area contributed by atoms with Crippen LogP contribution in [-0.4, -0.2) is 51.8 Å². The summed E-state index contributed by atoms with van der Waals surface area (Å²) in [6.45, 7) is 2.88. The third-order valence-electron chi connectivity index (χ3n) is 1.76. The molecule has 0 aromatic heterocycles. The van der Waals surface area contributed by atoms with E-state index in [1.165, 1.54) is 0 Å². The third kappa shape index (κ3) is 9.64. The van der Waals surface area contributed by atoms with E-state index in [0.29, 0.717) is 19.7 Å². The van der Waals surface area contributed by atoms with Crippen LogP contribution in [0.1, 0.15) is 13.3 Å². The van der Waals surface area contributed by atoms with Gasteiger partial charge in [0.2, 0.25) is 10.0 Å². The number of hydrogen-bond acceptors (Lipinski definition) is 5. The molecule has 0 fully saturated rings. The molecule has 7 heteroatoms. The van der Waals surface area contributed by atoms with Gasteiger partial charge in [0.1, 0.15) is 0 Å². The number of ether oxygens (including phenoxy) is 1. The lowest BCUT2D eigenvalue weighted by atomic mass is 10.4. The first-order valence-corrected chi connectivity index (χ1v) is 6.41. The topological polar surface area (TPSA) is 89.7 Å². The Balaban J connectivity index is 3.66. The van der Waals surface area contributed by atoms with Crippen LogP contribution in [0.5, 0.6) is 0 Å². The first-order chi connectivity index (χ1) is 6.85. The van der Waals surface area contributed by atoms with Gasteiger partial charge < -0.3 is 9.64 Å². The van der Waals surface area contributed by atoms with Crippen LogP contribution in [0.3, 0.4) is 0 Å². The van der Waals surface area contributed by atoms with Crippen LogP contribution >= 0.6 is 0 Å². The first kappa shape index (κ1) is 14.3.